The molecule has 0 fully saturated rings. The molecule has 0 bridgehead atoms. The molecule has 100 valence electrons. The number of nitrogens with one attached hydrogen (secondary N) is 1. The van der Waals surface area contributed by atoms with Gasteiger partial charge in [-0.2, -0.15) is 0 Å². The van der Waals surface area contributed by atoms with Gasteiger partial charge in [-0.15, -0.1) is 0 Å². The molecule has 0 saturated heterocycles. The molecule has 3 N–H and O–H groups in total. The van der Waals surface area contributed by atoms with E-state index in [1.807, 2.05) is 0 Å². The minimum atomic E-state index is -0.973. The van der Waals surface area contributed by atoms with Gasteiger partial charge in [-0.25, -0.2) is 8.78 Å². The van der Waals surface area contributed by atoms with Crippen LogP contribution in [-0.2, 0) is 4.79 Å². The van der Waals surface area contributed by atoms with Crippen LogP contribution < -0.4 is 15.8 Å². The van der Waals surface area contributed by atoms with Crippen LogP contribution in [-0.4, -0.2) is 25.1 Å². The second-order valence-corrected chi connectivity index (χ2v) is 4.12. The van der Waals surface area contributed by atoms with Gasteiger partial charge in [-0.1, -0.05) is 0 Å². The van der Waals surface area contributed by atoms with E-state index in [0.29, 0.717) is 6.42 Å². The zero-order valence-corrected chi connectivity index (χ0v) is 10.3. The predicted molar refractivity (Wildman–Crippen MR) is 63.1 cm³/mol. The van der Waals surface area contributed by atoms with E-state index in [9.17, 15) is 13.6 Å². The van der Waals surface area contributed by atoms with E-state index >= 15 is 0 Å². The zero-order valence-electron chi connectivity index (χ0n) is 10.3. The molecule has 1 rings (SSSR count). The molecule has 1 amide bonds. The Balaban J connectivity index is 2.56. The van der Waals surface area contributed by atoms with Gasteiger partial charge in [0.05, 0.1) is 12.1 Å². The van der Waals surface area contributed by atoms with Crippen LogP contribution in [0.4, 0.5) is 8.78 Å². The Morgan fingerprint density at radius 3 is 2.61 bits per heavy atom. The summed E-state index contributed by atoms with van der Waals surface area (Å²) in [6.45, 7) is 1.80. The molecular formula is C12H16F2N2O2. The molecule has 6 heteroatoms. The molecule has 0 radical (unpaired) electrons. The molecule has 1 unspecified atom stereocenters. The first kappa shape index (κ1) is 14.4. The summed E-state index contributed by atoms with van der Waals surface area (Å²) in [5.41, 5.74) is 4.35. The van der Waals surface area contributed by atoms with Crippen molar-refractivity contribution in [1.29, 1.82) is 0 Å². The lowest BCUT2D eigenvalue weighted by molar-refractivity contribution is -0.124. The lowest BCUT2D eigenvalue weighted by Crippen LogP contribution is -2.52. The van der Waals surface area contributed by atoms with E-state index in [1.165, 1.54) is 6.07 Å². The molecule has 0 aliphatic rings. The number of likely N-dealkylation sites (N-methyl/N-ethyl adjacent to an activating group) is 1. The highest BCUT2D eigenvalue weighted by Gasteiger charge is 2.28. The second kappa shape index (κ2) is 5.77. The number of primary amides is 1. The molecule has 4 nitrogen and oxygen atoms in total. The Morgan fingerprint density at radius 1 is 1.44 bits per heavy atom. The van der Waals surface area contributed by atoms with Crippen molar-refractivity contribution >= 4 is 5.91 Å². The van der Waals surface area contributed by atoms with Gasteiger partial charge in [0.15, 0.2) is 11.6 Å². The Hall–Kier alpha value is -1.69. The molecule has 0 heterocycles. The van der Waals surface area contributed by atoms with Crippen molar-refractivity contribution in [3.05, 3.63) is 29.8 Å². The Kier molecular flexibility index (Phi) is 4.61. The molecule has 1 aromatic rings. The molecule has 1 atom stereocenters. The average Bonchev–Trinajstić information content (AvgIpc) is 2.33. The highest BCUT2D eigenvalue weighted by Crippen LogP contribution is 2.17. The van der Waals surface area contributed by atoms with Crippen molar-refractivity contribution < 1.29 is 18.3 Å². The highest BCUT2D eigenvalue weighted by molar-refractivity contribution is 5.84. The van der Waals surface area contributed by atoms with E-state index in [1.54, 1.807) is 14.0 Å². The van der Waals surface area contributed by atoms with Gasteiger partial charge in [-0.05, 0) is 26.1 Å². The van der Waals surface area contributed by atoms with Gasteiger partial charge in [0.2, 0.25) is 5.91 Å². The largest absolute Gasteiger partial charge is 0.493 e. The summed E-state index contributed by atoms with van der Waals surface area (Å²) in [4.78, 5) is 11.2. The summed E-state index contributed by atoms with van der Waals surface area (Å²) in [5, 5.41) is 2.80. The van der Waals surface area contributed by atoms with Gasteiger partial charge in [-0.3, -0.25) is 4.79 Å². The van der Waals surface area contributed by atoms with E-state index in [0.717, 1.165) is 12.1 Å². The molecule has 0 aliphatic heterocycles. The third kappa shape index (κ3) is 3.40. The molecular weight excluding hydrogens is 242 g/mol. The van der Waals surface area contributed by atoms with E-state index in [4.69, 9.17) is 10.5 Å². The first-order valence-corrected chi connectivity index (χ1v) is 5.46. The van der Waals surface area contributed by atoms with Crippen LogP contribution in [0.3, 0.4) is 0 Å². The standard InChI is InChI=1S/C12H16F2N2O2/c1-12(16-2,11(15)17)5-6-18-8-3-4-9(13)10(14)7-8/h3-4,7,16H,5-6H2,1-2H3,(H2,15,17). The SMILES string of the molecule is CNC(C)(CCOc1ccc(F)c(F)c1)C(N)=O. The van der Waals surface area contributed by atoms with Crippen molar-refractivity contribution in [3.63, 3.8) is 0 Å². The number of carbonyl (C=O) groups excluding carboxylic acids is 1. The fourth-order valence-electron chi connectivity index (χ4n) is 1.31. The topological polar surface area (TPSA) is 64.3 Å². The molecule has 0 aliphatic carbocycles. The predicted octanol–water partition coefficient (Wildman–Crippen LogP) is 1.20. The number of nitrogens with two attached hydrogens (primary N) is 1. The third-order valence-corrected chi connectivity index (χ3v) is 2.86. The lowest BCUT2D eigenvalue weighted by Gasteiger charge is -2.25. The van der Waals surface area contributed by atoms with Crippen molar-refractivity contribution in [3.8, 4) is 5.75 Å². The highest BCUT2D eigenvalue weighted by atomic mass is 19.2. The average molecular weight is 258 g/mol. The van der Waals surface area contributed by atoms with E-state index in [2.05, 4.69) is 5.32 Å². The summed E-state index contributed by atoms with van der Waals surface area (Å²) in [6.07, 6.45) is 0.317. The fourth-order valence-corrected chi connectivity index (χ4v) is 1.31. The van der Waals surface area contributed by atoms with Crippen LogP contribution in [0, 0.1) is 11.6 Å². The lowest BCUT2D eigenvalue weighted by atomic mass is 9.98. The summed E-state index contributed by atoms with van der Waals surface area (Å²) in [5.74, 6) is -2.20. The summed E-state index contributed by atoms with van der Waals surface area (Å²) < 4.78 is 30.8. The number of carbonyl (C=O) groups is 1. The first-order chi connectivity index (χ1) is 8.39. The monoisotopic (exact) mass is 258 g/mol. The molecule has 18 heavy (non-hydrogen) atoms. The number of benzene rings is 1. The van der Waals surface area contributed by atoms with Crippen molar-refractivity contribution in [2.45, 2.75) is 18.9 Å². The quantitative estimate of drug-likeness (QED) is 0.805. The normalized spacial score (nSPS) is 14.0. The van der Waals surface area contributed by atoms with Crippen LogP contribution >= 0.6 is 0 Å². The Bertz CT molecular complexity index is 440. The molecule has 1 aromatic carbocycles. The van der Waals surface area contributed by atoms with Gasteiger partial charge in [0.25, 0.3) is 0 Å². The molecule has 0 spiro atoms. The number of amides is 1. The van der Waals surface area contributed by atoms with Crippen molar-refractivity contribution in [2.24, 2.45) is 5.73 Å². The van der Waals surface area contributed by atoms with Gasteiger partial charge in [0, 0.05) is 12.5 Å². The van der Waals surface area contributed by atoms with Crippen LogP contribution in [0.2, 0.25) is 0 Å². The van der Waals surface area contributed by atoms with Gasteiger partial charge in [0.1, 0.15) is 5.75 Å². The van der Waals surface area contributed by atoms with E-state index < -0.39 is 23.1 Å². The fraction of sp³-hybridized carbons (Fsp3) is 0.417. The number of halogens is 2. The van der Waals surface area contributed by atoms with Crippen LogP contribution in [0.15, 0.2) is 18.2 Å². The maximum atomic E-state index is 12.9. The summed E-state index contributed by atoms with van der Waals surface area (Å²) >= 11 is 0. The molecule has 0 aromatic heterocycles. The summed E-state index contributed by atoms with van der Waals surface area (Å²) in [7, 11) is 1.61. The van der Waals surface area contributed by atoms with Crippen LogP contribution in [0.25, 0.3) is 0 Å². The minimum absolute atomic E-state index is 0.158. The minimum Gasteiger partial charge on any atom is -0.493 e. The number of hydrogen-bond donors (Lipinski definition) is 2. The maximum absolute atomic E-state index is 12.9. The summed E-state index contributed by atoms with van der Waals surface area (Å²) in [6, 6.07) is 3.26. The van der Waals surface area contributed by atoms with Crippen LogP contribution in [0.1, 0.15) is 13.3 Å². The Morgan fingerprint density at radius 2 is 2.11 bits per heavy atom. The van der Waals surface area contributed by atoms with Gasteiger partial charge >= 0.3 is 0 Å². The maximum Gasteiger partial charge on any atom is 0.237 e. The van der Waals surface area contributed by atoms with Crippen molar-refractivity contribution in [1.82, 2.24) is 5.32 Å². The zero-order chi connectivity index (χ0) is 13.8. The van der Waals surface area contributed by atoms with Gasteiger partial charge < -0.3 is 15.8 Å². The number of ether oxygens (including phenoxy) is 1. The smallest absolute Gasteiger partial charge is 0.237 e. The third-order valence-electron chi connectivity index (χ3n) is 2.86. The van der Waals surface area contributed by atoms with Crippen LogP contribution in [0.5, 0.6) is 5.75 Å². The van der Waals surface area contributed by atoms with Crippen molar-refractivity contribution in [2.75, 3.05) is 13.7 Å². The number of hydrogen-bond acceptors (Lipinski definition) is 3. The second-order valence-electron chi connectivity index (χ2n) is 4.12. The first-order valence-electron chi connectivity index (χ1n) is 5.46. The van der Waals surface area contributed by atoms with E-state index in [-0.39, 0.29) is 12.4 Å². The Labute approximate surface area is 104 Å². The molecule has 0 saturated carbocycles. The number of rotatable bonds is 6.